The third-order valence-electron chi connectivity index (χ3n) is 3.99. The molecule has 0 saturated carbocycles. The summed E-state index contributed by atoms with van der Waals surface area (Å²) in [4.78, 5) is 23.7. The van der Waals surface area contributed by atoms with Gasteiger partial charge in [0, 0.05) is 22.2 Å². The quantitative estimate of drug-likeness (QED) is 0.277. The number of rotatable bonds is 7. The van der Waals surface area contributed by atoms with E-state index in [1.54, 1.807) is 43.3 Å². The summed E-state index contributed by atoms with van der Waals surface area (Å²) in [5, 5.41) is 21.3. The van der Waals surface area contributed by atoms with Gasteiger partial charge in [-0.05, 0) is 42.0 Å². The second-order valence-corrected chi connectivity index (χ2v) is 7.00. The van der Waals surface area contributed by atoms with Gasteiger partial charge in [-0.15, -0.1) is 0 Å². The van der Waals surface area contributed by atoms with Gasteiger partial charge >= 0.3 is 6.09 Å². The van der Waals surface area contributed by atoms with Gasteiger partial charge in [-0.2, -0.15) is 0 Å². The number of carbonyl (C=O) groups excluding carboxylic acids is 2. The summed E-state index contributed by atoms with van der Waals surface area (Å²) in [5.41, 5.74) is 2.53. The number of halogens is 1. The number of hydroxylamine groups is 1. The van der Waals surface area contributed by atoms with Crippen molar-refractivity contribution < 1.29 is 29.4 Å². The van der Waals surface area contributed by atoms with E-state index in [0.717, 1.165) is 10.5 Å². The Morgan fingerprint density at radius 2 is 1.86 bits per heavy atom. The summed E-state index contributed by atoms with van der Waals surface area (Å²) in [5.74, 6) is -1.02. The average molecular weight is 465 g/mol. The molecular formula is C20H21BrN2O6. The maximum Gasteiger partial charge on any atom is 0.412 e. The van der Waals surface area contributed by atoms with E-state index in [9.17, 15) is 14.7 Å². The lowest BCUT2D eigenvalue weighted by Crippen LogP contribution is -2.22. The molecule has 2 rings (SSSR count). The van der Waals surface area contributed by atoms with Crippen molar-refractivity contribution in [1.29, 1.82) is 0 Å². The Hall–Kier alpha value is -3.04. The van der Waals surface area contributed by atoms with Crippen molar-refractivity contribution >= 4 is 33.6 Å². The first kappa shape index (κ1) is 22.3. The van der Waals surface area contributed by atoms with Crippen LogP contribution in [0.2, 0.25) is 0 Å². The number of ether oxygens (including phenoxy) is 2. The Bertz CT molecular complexity index is 885. The number of anilines is 1. The number of methoxy groups -OCH3 is 1. The number of phenols is 1. The smallest absolute Gasteiger partial charge is 0.412 e. The number of aromatic hydroxyl groups is 1. The number of hydrogen-bond acceptors (Lipinski definition) is 6. The van der Waals surface area contributed by atoms with Crippen LogP contribution in [0, 0.1) is 5.92 Å². The molecule has 2 atom stereocenters. The summed E-state index contributed by atoms with van der Waals surface area (Å²) in [7, 11) is 1.42. The van der Waals surface area contributed by atoms with Gasteiger partial charge in [-0.1, -0.05) is 35.0 Å². The first-order valence-corrected chi connectivity index (χ1v) is 9.35. The molecular weight excluding hydrogens is 444 g/mol. The molecule has 2 aromatic carbocycles. The lowest BCUT2D eigenvalue weighted by molar-refractivity contribution is -0.124. The first-order chi connectivity index (χ1) is 13.8. The molecule has 0 fully saturated rings. The Balaban J connectivity index is 2.24. The fraction of sp³-hybridized carbons (Fsp3) is 0.200. The Morgan fingerprint density at radius 3 is 2.45 bits per heavy atom. The van der Waals surface area contributed by atoms with Crippen molar-refractivity contribution in [3.8, 4) is 11.5 Å². The summed E-state index contributed by atoms with van der Waals surface area (Å²) in [6.45, 7) is 1.72. The number of carbonyl (C=O) groups is 2. The number of benzene rings is 2. The van der Waals surface area contributed by atoms with E-state index in [0.29, 0.717) is 11.3 Å². The largest absolute Gasteiger partial charge is 0.504 e. The lowest BCUT2D eigenvalue weighted by Gasteiger charge is -2.23. The van der Waals surface area contributed by atoms with E-state index in [2.05, 4.69) is 21.2 Å². The third-order valence-corrected chi connectivity index (χ3v) is 4.52. The zero-order valence-corrected chi connectivity index (χ0v) is 17.3. The van der Waals surface area contributed by atoms with Crippen molar-refractivity contribution in [2.24, 2.45) is 5.92 Å². The van der Waals surface area contributed by atoms with E-state index < -0.39 is 24.0 Å². The second-order valence-electron chi connectivity index (χ2n) is 6.08. The molecule has 0 unspecified atom stereocenters. The highest BCUT2D eigenvalue weighted by Gasteiger charge is 2.23. The number of phenolic OH excluding ortho intramolecular Hbond substituents is 1. The summed E-state index contributed by atoms with van der Waals surface area (Å²) in [6, 6.07) is 11.6. The van der Waals surface area contributed by atoms with Gasteiger partial charge in [0.1, 0.15) is 6.10 Å². The maximum absolute atomic E-state index is 12.4. The van der Waals surface area contributed by atoms with Crippen molar-refractivity contribution in [3.63, 3.8) is 0 Å². The molecule has 8 nitrogen and oxygen atoms in total. The van der Waals surface area contributed by atoms with Crippen LogP contribution in [0.5, 0.6) is 11.5 Å². The lowest BCUT2D eigenvalue weighted by atomic mass is 9.96. The predicted molar refractivity (Wildman–Crippen MR) is 110 cm³/mol. The fourth-order valence-corrected chi connectivity index (χ4v) is 2.80. The van der Waals surface area contributed by atoms with E-state index in [4.69, 9.17) is 14.7 Å². The molecule has 9 heteroatoms. The van der Waals surface area contributed by atoms with Gasteiger partial charge in [0.2, 0.25) is 0 Å². The van der Waals surface area contributed by atoms with Crippen LogP contribution in [-0.4, -0.2) is 29.4 Å². The summed E-state index contributed by atoms with van der Waals surface area (Å²) >= 11 is 3.32. The van der Waals surface area contributed by atoms with Gasteiger partial charge in [-0.25, -0.2) is 10.3 Å². The molecule has 2 aromatic rings. The van der Waals surface area contributed by atoms with Crippen molar-refractivity contribution in [2.45, 2.75) is 13.0 Å². The minimum absolute atomic E-state index is 0.115. The standard InChI is InChI=1S/C20H21BrN2O6/c1-12(3-10-18(25)23-27)19(13-4-9-17(28-2)16(24)11-13)29-20(26)22-15-7-5-14(21)6-8-15/h3-12,19,24,27H,1-2H3,(H,22,26)(H,23,25)/b10-3+/t12-,19+/m0/s1. The molecule has 0 bridgehead atoms. The highest BCUT2D eigenvalue weighted by molar-refractivity contribution is 9.10. The molecule has 0 saturated heterocycles. The van der Waals surface area contributed by atoms with E-state index in [-0.39, 0.29) is 11.5 Å². The molecule has 2 amide bonds. The molecule has 0 aliphatic carbocycles. The van der Waals surface area contributed by atoms with Crippen LogP contribution < -0.4 is 15.5 Å². The minimum atomic E-state index is -0.829. The van der Waals surface area contributed by atoms with Crippen LogP contribution in [-0.2, 0) is 9.53 Å². The first-order valence-electron chi connectivity index (χ1n) is 8.56. The Morgan fingerprint density at radius 1 is 1.17 bits per heavy atom. The topological polar surface area (TPSA) is 117 Å². The molecule has 4 N–H and O–H groups in total. The van der Waals surface area contributed by atoms with E-state index in [1.165, 1.54) is 24.7 Å². The molecule has 0 aliphatic rings. The molecule has 0 spiro atoms. The second kappa shape index (κ2) is 10.5. The zero-order valence-electron chi connectivity index (χ0n) is 15.8. The van der Waals surface area contributed by atoms with Gasteiger partial charge in [0.15, 0.2) is 11.5 Å². The highest BCUT2D eigenvalue weighted by atomic mass is 79.9. The average Bonchev–Trinajstić information content (AvgIpc) is 2.71. The molecule has 0 aliphatic heterocycles. The summed E-state index contributed by atoms with van der Waals surface area (Å²) in [6.07, 6.45) is 1.06. The Kier molecular flexibility index (Phi) is 8.05. The third kappa shape index (κ3) is 6.51. The maximum atomic E-state index is 12.4. The molecule has 0 heterocycles. The van der Waals surface area contributed by atoms with Gasteiger partial charge in [0.05, 0.1) is 7.11 Å². The number of nitrogens with one attached hydrogen (secondary N) is 2. The van der Waals surface area contributed by atoms with Gasteiger partial charge in [-0.3, -0.25) is 15.3 Å². The van der Waals surface area contributed by atoms with Gasteiger partial charge in [0.25, 0.3) is 5.91 Å². The Labute approximate surface area is 176 Å². The summed E-state index contributed by atoms with van der Waals surface area (Å²) < 4.78 is 11.5. The van der Waals surface area contributed by atoms with Crippen molar-refractivity contribution in [3.05, 3.63) is 64.7 Å². The normalized spacial score (nSPS) is 12.8. The van der Waals surface area contributed by atoms with Crippen LogP contribution in [0.25, 0.3) is 0 Å². The SMILES string of the molecule is COc1ccc([C@H](OC(=O)Nc2ccc(Br)cc2)[C@@H](C)/C=C/C(=O)NO)cc1O. The molecule has 0 radical (unpaired) electrons. The monoisotopic (exact) mass is 464 g/mol. The number of amides is 2. The van der Waals surface area contributed by atoms with Crippen molar-refractivity contribution in [2.75, 3.05) is 12.4 Å². The zero-order chi connectivity index (χ0) is 21.4. The van der Waals surface area contributed by atoms with E-state index >= 15 is 0 Å². The van der Waals surface area contributed by atoms with Crippen LogP contribution >= 0.6 is 15.9 Å². The molecule has 0 aromatic heterocycles. The van der Waals surface area contributed by atoms with Crippen LogP contribution in [0.15, 0.2) is 59.1 Å². The van der Waals surface area contributed by atoms with Crippen LogP contribution in [0.4, 0.5) is 10.5 Å². The minimum Gasteiger partial charge on any atom is -0.504 e. The molecule has 154 valence electrons. The molecule has 29 heavy (non-hydrogen) atoms. The fourth-order valence-electron chi connectivity index (χ4n) is 2.54. The number of hydrogen-bond donors (Lipinski definition) is 4. The van der Waals surface area contributed by atoms with Crippen molar-refractivity contribution in [1.82, 2.24) is 5.48 Å². The highest BCUT2D eigenvalue weighted by Crippen LogP contribution is 2.34. The predicted octanol–water partition coefficient (Wildman–Crippen LogP) is 4.15. The van der Waals surface area contributed by atoms with Crippen LogP contribution in [0.3, 0.4) is 0 Å². The van der Waals surface area contributed by atoms with E-state index in [1.807, 2.05) is 0 Å². The van der Waals surface area contributed by atoms with Gasteiger partial charge < -0.3 is 14.6 Å². The van der Waals surface area contributed by atoms with Crippen LogP contribution in [0.1, 0.15) is 18.6 Å².